The van der Waals surface area contributed by atoms with E-state index in [-0.39, 0.29) is 40.8 Å². The lowest BCUT2D eigenvalue weighted by molar-refractivity contribution is -0.157. The van der Waals surface area contributed by atoms with Crippen molar-refractivity contribution in [2.24, 2.45) is 0 Å². The van der Waals surface area contributed by atoms with Crippen LogP contribution < -0.4 is 11.5 Å². The number of ether oxygens (including phenoxy) is 1. The first-order chi connectivity index (χ1) is 18.1. The third-order valence-corrected chi connectivity index (χ3v) is 7.38. The van der Waals surface area contributed by atoms with Gasteiger partial charge in [0.1, 0.15) is 0 Å². The molecule has 234 valence electrons. The van der Waals surface area contributed by atoms with Gasteiger partial charge in [-0.2, -0.15) is 26.3 Å². The predicted octanol–water partition coefficient (Wildman–Crippen LogP) is 6.16. The van der Waals surface area contributed by atoms with E-state index in [0.29, 0.717) is 42.9 Å². The minimum absolute atomic E-state index is 0. The number of hydrogen-bond donors (Lipinski definition) is 3. The lowest BCUT2D eigenvalue weighted by Crippen LogP contribution is -2.46. The molecule has 2 aliphatic heterocycles. The van der Waals surface area contributed by atoms with Crippen molar-refractivity contribution in [1.29, 1.82) is 0 Å². The van der Waals surface area contributed by atoms with Gasteiger partial charge in [-0.3, -0.25) is 9.80 Å². The molecular weight excluding hydrogens is 550 g/mol. The van der Waals surface area contributed by atoms with Crippen molar-refractivity contribution >= 4 is 11.4 Å². The minimum Gasteiger partial charge on any atom is -0.399 e. The Balaban J connectivity index is 0.000000391. The second-order valence-corrected chi connectivity index (χ2v) is 10.3. The highest BCUT2D eigenvalue weighted by molar-refractivity contribution is 5.43. The Morgan fingerprint density at radius 3 is 1.51 bits per heavy atom. The van der Waals surface area contributed by atoms with Crippen molar-refractivity contribution in [2.75, 3.05) is 57.8 Å². The molecule has 0 amide bonds. The van der Waals surface area contributed by atoms with Crippen molar-refractivity contribution < 1.29 is 36.2 Å². The number of nitrogen functional groups attached to an aromatic ring is 2. The van der Waals surface area contributed by atoms with Gasteiger partial charge in [0.05, 0.1) is 24.3 Å². The highest BCUT2D eigenvalue weighted by atomic mass is 19.4. The van der Waals surface area contributed by atoms with Crippen LogP contribution in [-0.4, -0.2) is 73.6 Å². The summed E-state index contributed by atoms with van der Waals surface area (Å²) in [5.74, 6) is 0. The molecule has 0 aliphatic carbocycles. The fourth-order valence-corrected chi connectivity index (χ4v) is 5.21. The van der Waals surface area contributed by atoms with Crippen LogP contribution in [0.25, 0.3) is 0 Å². The first kappa shape index (κ1) is 36.5. The Hall–Kier alpha value is -2.54. The zero-order chi connectivity index (χ0) is 28.9. The van der Waals surface area contributed by atoms with Crippen molar-refractivity contribution in [1.82, 2.24) is 9.80 Å². The summed E-state index contributed by atoms with van der Waals surface area (Å²) >= 11 is 0. The van der Waals surface area contributed by atoms with E-state index in [4.69, 9.17) is 16.2 Å². The third-order valence-electron chi connectivity index (χ3n) is 7.38. The zero-order valence-corrected chi connectivity index (χ0v) is 21.9. The molecule has 2 aliphatic rings. The zero-order valence-electron chi connectivity index (χ0n) is 21.9. The Kier molecular flexibility index (Phi) is 13.0. The van der Waals surface area contributed by atoms with Gasteiger partial charge < -0.3 is 21.3 Å². The van der Waals surface area contributed by atoms with Gasteiger partial charge >= 0.3 is 12.4 Å². The van der Waals surface area contributed by atoms with Gasteiger partial charge in [0.2, 0.25) is 0 Å². The van der Waals surface area contributed by atoms with Crippen molar-refractivity contribution in [3.05, 3.63) is 59.7 Å². The maximum atomic E-state index is 12.4. The quantitative estimate of drug-likeness (QED) is 0.284. The van der Waals surface area contributed by atoms with Crippen LogP contribution in [0.3, 0.4) is 0 Å². The Morgan fingerprint density at radius 1 is 0.732 bits per heavy atom. The lowest BCUT2D eigenvalue weighted by Gasteiger charge is -2.41. The molecule has 0 spiro atoms. The standard InChI is InChI=1S/C14H19F3N2O.C13H17F3N2O.2CH4/c1-20-13(11-3-2-4-12(18)9-11)5-7-19(8-6-13)10-14(15,16)17;14-13(15,16)9-18-6-4-12(19,5-7-18)10-2-1-3-11(17)8-10;;/h2-4,9H,5-8,10,18H2,1H3;1-3,8,19H,4-7,9,17H2;2*1H4. The van der Waals surface area contributed by atoms with E-state index in [2.05, 4.69) is 0 Å². The number of nitrogens with zero attached hydrogens (tertiary/aromatic N) is 2. The molecule has 0 bridgehead atoms. The summed E-state index contributed by atoms with van der Waals surface area (Å²) in [6.45, 7) is -0.594. The molecule has 41 heavy (non-hydrogen) atoms. The Bertz CT molecular complexity index is 1060. The predicted molar refractivity (Wildman–Crippen MR) is 151 cm³/mol. The molecule has 0 unspecified atom stereocenters. The van der Waals surface area contributed by atoms with Crippen LogP contribution in [0.5, 0.6) is 0 Å². The fraction of sp³-hybridized carbons (Fsp3) is 0.586. The second-order valence-electron chi connectivity index (χ2n) is 10.3. The smallest absolute Gasteiger partial charge is 0.399 e. The van der Waals surface area contributed by atoms with E-state index in [1.807, 2.05) is 18.2 Å². The number of aliphatic hydroxyl groups is 1. The fourth-order valence-electron chi connectivity index (χ4n) is 5.21. The van der Waals surface area contributed by atoms with E-state index < -0.39 is 36.6 Å². The third kappa shape index (κ3) is 10.7. The number of likely N-dealkylation sites (tertiary alicyclic amines) is 2. The summed E-state index contributed by atoms with van der Waals surface area (Å²) in [5, 5.41) is 10.5. The van der Waals surface area contributed by atoms with Crippen LogP contribution in [0, 0.1) is 0 Å². The minimum atomic E-state index is -4.19. The lowest BCUT2D eigenvalue weighted by atomic mass is 9.84. The van der Waals surface area contributed by atoms with Crippen LogP contribution in [0.4, 0.5) is 37.7 Å². The van der Waals surface area contributed by atoms with Gasteiger partial charge in [0.15, 0.2) is 0 Å². The monoisotopic (exact) mass is 594 g/mol. The van der Waals surface area contributed by atoms with Gasteiger partial charge in [0, 0.05) is 44.7 Å². The van der Waals surface area contributed by atoms with Crippen LogP contribution in [-0.2, 0) is 15.9 Å². The van der Waals surface area contributed by atoms with Gasteiger partial charge in [-0.15, -0.1) is 0 Å². The Morgan fingerprint density at radius 2 is 1.12 bits per heavy atom. The number of halogens is 6. The van der Waals surface area contributed by atoms with Gasteiger partial charge in [-0.25, -0.2) is 0 Å². The molecule has 2 aromatic carbocycles. The van der Waals surface area contributed by atoms with E-state index >= 15 is 0 Å². The number of piperidine rings is 2. The molecule has 0 saturated carbocycles. The van der Waals surface area contributed by atoms with Crippen LogP contribution in [0.1, 0.15) is 51.7 Å². The van der Waals surface area contributed by atoms with E-state index in [1.165, 1.54) is 9.80 Å². The van der Waals surface area contributed by atoms with Crippen LogP contribution in [0.2, 0.25) is 0 Å². The summed E-state index contributed by atoms with van der Waals surface area (Å²) in [4.78, 5) is 2.74. The first-order valence-corrected chi connectivity index (χ1v) is 12.7. The molecule has 2 fully saturated rings. The van der Waals surface area contributed by atoms with Crippen LogP contribution >= 0.6 is 0 Å². The second kappa shape index (κ2) is 14.6. The summed E-state index contributed by atoms with van der Waals surface area (Å²) in [5.41, 5.74) is 12.6. The molecule has 2 heterocycles. The van der Waals surface area contributed by atoms with Gasteiger partial charge in [-0.05, 0) is 61.1 Å². The van der Waals surface area contributed by atoms with Crippen LogP contribution in [0.15, 0.2) is 48.5 Å². The van der Waals surface area contributed by atoms with Crippen molar-refractivity contribution in [3.63, 3.8) is 0 Å². The number of hydrogen-bond acceptors (Lipinski definition) is 6. The molecule has 0 atom stereocenters. The highest BCUT2D eigenvalue weighted by Crippen LogP contribution is 2.38. The average Bonchev–Trinajstić information content (AvgIpc) is 2.85. The van der Waals surface area contributed by atoms with E-state index in [1.54, 1.807) is 37.4 Å². The molecule has 2 aromatic rings. The summed E-state index contributed by atoms with van der Waals surface area (Å²) < 4.78 is 79.7. The Labute approximate surface area is 239 Å². The molecule has 5 N–H and O–H groups in total. The number of alkyl halides is 6. The molecular formula is C29H44F6N4O2. The van der Waals surface area contributed by atoms with E-state index in [9.17, 15) is 31.4 Å². The average molecular weight is 595 g/mol. The number of anilines is 2. The summed E-state index contributed by atoms with van der Waals surface area (Å²) in [6, 6.07) is 14.3. The number of nitrogens with two attached hydrogens (primary N) is 2. The molecule has 0 aromatic heterocycles. The van der Waals surface area contributed by atoms with E-state index in [0.717, 1.165) is 5.56 Å². The summed E-state index contributed by atoms with van der Waals surface area (Å²) in [7, 11) is 1.60. The largest absolute Gasteiger partial charge is 0.401 e. The molecule has 0 radical (unpaired) electrons. The van der Waals surface area contributed by atoms with Crippen molar-refractivity contribution in [3.8, 4) is 0 Å². The van der Waals surface area contributed by atoms with Gasteiger partial charge in [0.25, 0.3) is 0 Å². The number of methoxy groups -OCH3 is 1. The normalized spacial score (nSPS) is 19.2. The maximum Gasteiger partial charge on any atom is 0.401 e. The molecule has 2 saturated heterocycles. The topological polar surface area (TPSA) is 88.0 Å². The molecule has 4 rings (SSSR count). The number of rotatable bonds is 5. The first-order valence-electron chi connectivity index (χ1n) is 12.7. The highest BCUT2D eigenvalue weighted by Gasteiger charge is 2.40. The van der Waals surface area contributed by atoms with Gasteiger partial charge in [-0.1, -0.05) is 39.1 Å². The molecule has 6 nitrogen and oxygen atoms in total. The molecule has 12 heteroatoms. The number of benzene rings is 2. The maximum absolute atomic E-state index is 12.4. The summed E-state index contributed by atoms with van der Waals surface area (Å²) in [6.07, 6.45) is -6.71. The SMILES string of the molecule is C.C.COC1(c2cccc(N)c2)CCN(CC(F)(F)F)CC1.Nc1cccc(C2(O)CCN(CC(F)(F)F)CC2)c1. The van der Waals surface area contributed by atoms with Crippen molar-refractivity contribution in [2.45, 2.75) is 64.1 Å².